The SMILES string of the molecule is COc1ccc(-c2nc(-c3cccc(-c4csc(C)n4)c3)no2)c(C)c1. The minimum Gasteiger partial charge on any atom is -0.497 e. The summed E-state index contributed by atoms with van der Waals surface area (Å²) in [5, 5.41) is 7.25. The van der Waals surface area contributed by atoms with Gasteiger partial charge in [0.1, 0.15) is 5.75 Å². The Labute approximate surface area is 155 Å². The average Bonchev–Trinajstić information content (AvgIpc) is 3.31. The third-order valence-corrected chi connectivity index (χ3v) is 4.90. The van der Waals surface area contributed by atoms with Crippen molar-refractivity contribution in [3.05, 3.63) is 58.4 Å². The quantitative estimate of drug-likeness (QED) is 0.502. The van der Waals surface area contributed by atoms with Crippen molar-refractivity contribution in [2.45, 2.75) is 13.8 Å². The lowest BCUT2D eigenvalue weighted by atomic mass is 10.1. The molecular formula is C20H17N3O2S. The fourth-order valence-corrected chi connectivity index (χ4v) is 3.39. The van der Waals surface area contributed by atoms with Crippen LogP contribution in [-0.4, -0.2) is 22.2 Å². The van der Waals surface area contributed by atoms with Crippen molar-refractivity contribution < 1.29 is 9.26 Å². The minimum absolute atomic E-state index is 0.495. The lowest BCUT2D eigenvalue weighted by molar-refractivity contribution is 0.414. The van der Waals surface area contributed by atoms with Crippen LogP contribution in [0.4, 0.5) is 0 Å². The number of nitrogens with zero attached hydrogens (tertiary/aromatic N) is 3. The van der Waals surface area contributed by atoms with Gasteiger partial charge in [-0.15, -0.1) is 11.3 Å². The summed E-state index contributed by atoms with van der Waals surface area (Å²) < 4.78 is 10.7. The minimum atomic E-state index is 0.495. The predicted octanol–water partition coefficient (Wildman–Crippen LogP) is 5.15. The van der Waals surface area contributed by atoms with E-state index in [-0.39, 0.29) is 0 Å². The Morgan fingerprint density at radius 3 is 2.58 bits per heavy atom. The van der Waals surface area contributed by atoms with Gasteiger partial charge >= 0.3 is 0 Å². The van der Waals surface area contributed by atoms with Crippen LogP contribution in [0.15, 0.2) is 52.4 Å². The maximum absolute atomic E-state index is 5.49. The van der Waals surface area contributed by atoms with Crippen LogP contribution < -0.4 is 4.74 Å². The van der Waals surface area contributed by atoms with Crippen molar-refractivity contribution in [2.24, 2.45) is 0 Å². The van der Waals surface area contributed by atoms with Gasteiger partial charge in [-0.05, 0) is 43.7 Å². The van der Waals surface area contributed by atoms with E-state index < -0.39 is 0 Å². The van der Waals surface area contributed by atoms with Crippen LogP contribution >= 0.6 is 11.3 Å². The molecule has 26 heavy (non-hydrogen) atoms. The van der Waals surface area contributed by atoms with Crippen LogP contribution in [-0.2, 0) is 0 Å². The van der Waals surface area contributed by atoms with Crippen LogP contribution in [0.1, 0.15) is 10.6 Å². The van der Waals surface area contributed by atoms with Gasteiger partial charge in [-0.25, -0.2) is 4.98 Å². The van der Waals surface area contributed by atoms with Gasteiger partial charge in [0.2, 0.25) is 5.82 Å². The molecule has 4 aromatic rings. The van der Waals surface area contributed by atoms with Crippen LogP contribution in [0.25, 0.3) is 34.1 Å². The molecule has 0 bridgehead atoms. The third-order valence-electron chi connectivity index (χ3n) is 4.13. The monoisotopic (exact) mass is 363 g/mol. The number of hydrogen-bond acceptors (Lipinski definition) is 6. The second-order valence-electron chi connectivity index (χ2n) is 5.94. The van der Waals surface area contributed by atoms with Gasteiger partial charge in [0, 0.05) is 22.1 Å². The van der Waals surface area contributed by atoms with Crippen LogP contribution in [0, 0.1) is 13.8 Å². The molecule has 0 aliphatic rings. The number of thiazole rings is 1. The number of methoxy groups -OCH3 is 1. The van der Waals surface area contributed by atoms with E-state index in [0.717, 1.165) is 38.7 Å². The highest BCUT2D eigenvalue weighted by molar-refractivity contribution is 7.09. The molecule has 0 fully saturated rings. The molecule has 0 saturated heterocycles. The van der Waals surface area contributed by atoms with Crippen molar-refractivity contribution in [1.29, 1.82) is 0 Å². The first kappa shape index (κ1) is 16.5. The van der Waals surface area contributed by atoms with E-state index >= 15 is 0 Å². The van der Waals surface area contributed by atoms with E-state index in [1.165, 1.54) is 0 Å². The van der Waals surface area contributed by atoms with Gasteiger partial charge < -0.3 is 9.26 Å². The summed E-state index contributed by atoms with van der Waals surface area (Å²) in [5.41, 5.74) is 4.82. The van der Waals surface area contributed by atoms with E-state index in [0.29, 0.717) is 11.7 Å². The average molecular weight is 363 g/mol. The first-order valence-electron chi connectivity index (χ1n) is 8.16. The van der Waals surface area contributed by atoms with Crippen molar-refractivity contribution in [2.75, 3.05) is 7.11 Å². The Morgan fingerprint density at radius 1 is 1.00 bits per heavy atom. The highest BCUT2D eigenvalue weighted by atomic mass is 32.1. The highest BCUT2D eigenvalue weighted by Crippen LogP contribution is 2.29. The summed E-state index contributed by atoms with van der Waals surface area (Å²) in [6.07, 6.45) is 0. The molecule has 0 aliphatic heterocycles. The molecule has 0 aliphatic carbocycles. The van der Waals surface area contributed by atoms with Gasteiger partial charge in [-0.3, -0.25) is 0 Å². The topological polar surface area (TPSA) is 61.0 Å². The van der Waals surface area contributed by atoms with E-state index in [1.807, 2.05) is 56.3 Å². The first-order chi connectivity index (χ1) is 12.6. The number of benzene rings is 2. The molecule has 2 aromatic carbocycles. The summed E-state index contributed by atoms with van der Waals surface area (Å²) in [5.74, 6) is 1.86. The van der Waals surface area contributed by atoms with Crippen LogP contribution in [0.5, 0.6) is 5.75 Å². The second kappa shape index (κ2) is 6.72. The Morgan fingerprint density at radius 2 is 1.85 bits per heavy atom. The predicted molar refractivity (Wildman–Crippen MR) is 102 cm³/mol. The Hall–Kier alpha value is -2.99. The molecule has 0 atom stereocenters. The molecule has 0 saturated carbocycles. The highest BCUT2D eigenvalue weighted by Gasteiger charge is 2.14. The normalized spacial score (nSPS) is 10.9. The fourth-order valence-electron chi connectivity index (χ4n) is 2.77. The molecule has 6 heteroatoms. The molecule has 0 radical (unpaired) electrons. The Bertz CT molecular complexity index is 1070. The number of aromatic nitrogens is 3. The Balaban J connectivity index is 1.68. The lowest BCUT2D eigenvalue weighted by Crippen LogP contribution is -1.88. The summed E-state index contributed by atoms with van der Waals surface area (Å²) in [7, 11) is 1.65. The fraction of sp³-hybridized carbons (Fsp3) is 0.150. The molecule has 5 nitrogen and oxygen atoms in total. The van der Waals surface area contributed by atoms with Gasteiger partial charge in [-0.2, -0.15) is 4.98 Å². The zero-order valence-electron chi connectivity index (χ0n) is 14.7. The van der Waals surface area contributed by atoms with Crippen LogP contribution in [0.3, 0.4) is 0 Å². The maximum Gasteiger partial charge on any atom is 0.258 e. The molecule has 0 N–H and O–H groups in total. The third kappa shape index (κ3) is 3.11. The molecule has 4 rings (SSSR count). The first-order valence-corrected chi connectivity index (χ1v) is 9.03. The molecule has 2 heterocycles. The van der Waals surface area contributed by atoms with Gasteiger partial charge in [0.15, 0.2) is 0 Å². The van der Waals surface area contributed by atoms with Crippen molar-refractivity contribution in [1.82, 2.24) is 15.1 Å². The Kier molecular flexibility index (Phi) is 4.26. The standard InChI is InChI=1S/C20H17N3O2S/c1-12-9-16(24-3)7-8-17(12)20-22-19(23-25-20)15-6-4-5-14(10-15)18-11-26-13(2)21-18/h4-11H,1-3H3. The van der Waals surface area contributed by atoms with Crippen LogP contribution in [0.2, 0.25) is 0 Å². The zero-order valence-corrected chi connectivity index (χ0v) is 15.5. The largest absolute Gasteiger partial charge is 0.497 e. The van der Waals surface area contributed by atoms with E-state index in [9.17, 15) is 0 Å². The number of hydrogen-bond donors (Lipinski definition) is 0. The van der Waals surface area contributed by atoms with E-state index in [2.05, 4.69) is 20.5 Å². The van der Waals surface area contributed by atoms with Gasteiger partial charge in [-0.1, -0.05) is 23.4 Å². The molecule has 0 spiro atoms. The van der Waals surface area contributed by atoms with E-state index in [1.54, 1.807) is 18.4 Å². The molecule has 0 unspecified atom stereocenters. The zero-order chi connectivity index (χ0) is 18.1. The second-order valence-corrected chi connectivity index (χ2v) is 7.00. The van der Waals surface area contributed by atoms with Crippen molar-refractivity contribution in [3.63, 3.8) is 0 Å². The summed E-state index contributed by atoms with van der Waals surface area (Å²) in [6.45, 7) is 3.99. The molecule has 130 valence electrons. The smallest absolute Gasteiger partial charge is 0.258 e. The molecular weight excluding hydrogens is 346 g/mol. The summed E-state index contributed by atoms with van der Waals surface area (Å²) in [4.78, 5) is 9.11. The van der Waals surface area contributed by atoms with E-state index in [4.69, 9.17) is 9.26 Å². The molecule has 2 aromatic heterocycles. The number of aryl methyl sites for hydroxylation is 2. The maximum atomic E-state index is 5.49. The summed E-state index contributed by atoms with van der Waals surface area (Å²) >= 11 is 1.64. The molecule has 0 amide bonds. The van der Waals surface area contributed by atoms with Crippen molar-refractivity contribution in [3.8, 4) is 39.8 Å². The van der Waals surface area contributed by atoms with Gasteiger partial charge in [0.05, 0.1) is 17.8 Å². The number of ether oxygens (including phenoxy) is 1. The number of rotatable bonds is 4. The lowest BCUT2D eigenvalue weighted by Gasteiger charge is -2.04. The van der Waals surface area contributed by atoms with Crippen molar-refractivity contribution >= 4 is 11.3 Å². The summed E-state index contributed by atoms with van der Waals surface area (Å²) in [6, 6.07) is 13.8. The van der Waals surface area contributed by atoms with Gasteiger partial charge in [0.25, 0.3) is 5.89 Å².